The molecule has 0 saturated heterocycles. The molecule has 0 N–H and O–H groups in total. The van der Waals surface area contributed by atoms with E-state index in [2.05, 4.69) is 14.8 Å². The van der Waals surface area contributed by atoms with E-state index in [4.69, 9.17) is 10.3 Å². The molecule has 7 heteroatoms. The molecule has 0 aromatic rings. The summed E-state index contributed by atoms with van der Waals surface area (Å²) in [4.78, 5) is 24.7. The van der Waals surface area contributed by atoms with Crippen LogP contribution in [0.15, 0.2) is 5.11 Å². The molecule has 15 heavy (non-hydrogen) atoms. The Morgan fingerprint density at radius 3 is 2.67 bits per heavy atom. The first kappa shape index (κ1) is 13.4. The summed E-state index contributed by atoms with van der Waals surface area (Å²) in [6, 6.07) is 0. The fraction of sp³-hybridized carbons (Fsp3) is 0.750. The number of carbonyl (C=O) groups excluding carboxylic acids is 2. The summed E-state index contributed by atoms with van der Waals surface area (Å²) in [5, 5.41) is 3.20. The second-order valence-corrected chi connectivity index (χ2v) is 2.57. The average molecular weight is 215 g/mol. The molecule has 0 bridgehead atoms. The van der Waals surface area contributed by atoms with Crippen LogP contribution < -0.4 is 0 Å². The van der Waals surface area contributed by atoms with E-state index in [1.165, 1.54) is 6.92 Å². The number of esters is 1. The Morgan fingerprint density at radius 1 is 1.53 bits per heavy atom. The Morgan fingerprint density at radius 2 is 2.20 bits per heavy atom. The molecular weight excluding hydrogens is 202 g/mol. The van der Waals surface area contributed by atoms with Crippen molar-refractivity contribution < 1.29 is 19.1 Å². The highest BCUT2D eigenvalue weighted by Gasteiger charge is 2.24. The Balaban J connectivity index is 4.10. The van der Waals surface area contributed by atoms with Crippen molar-refractivity contribution in [1.82, 2.24) is 0 Å². The summed E-state index contributed by atoms with van der Waals surface area (Å²) in [5.74, 6) is -1.15. The maximum atomic E-state index is 11.2. The van der Waals surface area contributed by atoms with Crippen molar-refractivity contribution in [3.05, 3.63) is 10.4 Å². The van der Waals surface area contributed by atoms with Gasteiger partial charge in [-0.15, -0.1) is 0 Å². The Labute approximate surface area is 87.0 Å². The van der Waals surface area contributed by atoms with Gasteiger partial charge in [-0.2, -0.15) is 0 Å². The van der Waals surface area contributed by atoms with E-state index < -0.39 is 17.9 Å². The van der Waals surface area contributed by atoms with Crippen molar-refractivity contribution in [3.8, 4) is 0 Å². The van der Waals surface area contributed by atoms with Gasteiger partial charge in [-0.05, 0) is 19.4 Å². The smallest absolute Gasteiger partial charge is 0.343 e. The third kappa shape index (κ3) is 5.66. The normalized spacial score (nSPS) is 11.3. The first-order valence-electron chi connectivity index (χ1n) is 4.43. The molecule has 84 valence electrons. The van der Waals surface area contributed by atoms with Gasteiger partial charge in [0.2, 0.25) is 6.10 Å². The lowest BCUT2D eigenvalue weighted by atomic mass is 10.2. The first-order valence-corrected chi connectivity index (χ1v) is 4.43. The standard InChI is InChI=1S/C8H13N3O4/c1-3-14-8(13)7(6(2)12)15-5-4-10-11-9/h7H,3-5H2,1-2H3/t7-/m1/s1. The van der Waals surface area contributed by atoms with Gasteiger partial charge in [0.1, 0.15) is 0 Å². The maximum absolute atomic E-state index is 11.2. The molecule has 0 spiro atoms. The first-order chi connectivity index (χ1) is 7.13. The lowest BCUT2D eigenvalue weighted by Crippen LogP contribution is -2.33. The number of Topliss-reactive ketones (excluding diaryl/α,β-unsaturated/α-hetero) is 1. The molecule has 0 amide bonds. The zero-order chi connectivity index (χ0) is 11.7. The molecule has 0 aromatic heterocycles. The Bertz CT molecular complexity index is 273. The number of ketones is 1. The summed E-state index contributed by atoms with van der Waals surface area (Å²) < 4.78 is 9.57. The topological polar surface area (TPSA) is 101 Å². The van der Waals surface area contributed by atoms with Gasteiger partial charge in [-0.1, -0.05) is 5.11 Å². The molecule has 0 aliphatic carbocycles. The molecule has 0 radical (unpaired) electrons. The predicted molar refractivity (Wildman–Crippen MR) is 51.1 cm³/mol. The molecule has 0 unspecified atom stereocenters. The van der Waals surface area contributed by atoms with Crippen molar-refractivity contribution in [3.63, 3.8) is 0 Å². The second-order valence-electron chi connectivity index (χ2n) is 2.57. The summed E-state index contributed by atoms with van der Waals surface area (Å²) in [6.07, 6.45) is -1.22. The molecule has 0 saturated carbocycles. The molecule has 0 fully saturated rings. The fourth-order valence-electron chi connectivity index (χ4n) is 0.825. The maximum Gasteiger partial charge on any atom is 0.343 e. The SMILES string of the molecule is CCOC(=O)[C@H](OCCN=[N+]=[N-])C(C)=O. The number of carbonyl (C=O) groups is 2. The van der Waals surface area contributed by atoms with Crippen molar-refractivity contribution in [2.24, 2.45) is 5.11 Å². The van der Waals surface area contributed by atoms with Crippen LogP contribution >= 0.6 is 0 Å². The molecule has 0 rings (SSSR count). The van der Waals surface area contributed by atoms with Gasteiger partial charge in [-0.3, -0.25) is 4.79 Å². The molecule has 0 aliphatic rings. The molecule has 0 aromatic carbocycles. The van der Waals surface area contributed by atoms with Crippen molar-refractivity contribution in [2.75, 3.05) is 19.8 Å². The van der Waals surface area contributed by atoms with Gasteiger partial charge in [0.15, 0.2) is 5.78 Å². The minimum atomic E-state index is -1.22. The van der Waals surface area contributed by atoms with E-state index in [1.54, 1.807) is 6.92 Å². The number of azide groups is 1. The minimum absolute atomic E-state index is 0.00706. The van der Waals surface area contributed by atoms with Crippen LogP contribution in [0.1, 0.15) is 13.8 Å². The van der Waals surface area contributed by atoms with Gasteiger partial charge in [0.05, 0.1) is 13.2 Å². The second kappa shape index (κ2) is 7.78. The van der Waals surface area contributed by atoms with Crippen LogP contribution in [0.3, 0.4) is 0 Å². The molecule has 0 heterocycles. The largest absolute Gasteiger partial charge is 0.464 e. The van der Waals surface area contributed by atoms with Crippen LogP contribution in [0, 0.1) is 0 Å². The van der Waals surface area contributed by atoms with Crippen LogP contribution in [0.2, 0.25) is 0 Å². The number of hydrogen-bond donors (Lipinski definition) is 0. The third-order valence-electron chi connectivity index (χ3n) is 1.41. The third-order valence-corrected chi connectivity index (χ3v) is 1.41. The van der Waals surface area contributed by atoms with Crippen LogP contribution in [-0.4, -0.2) is 37.6 Å². The minimum Gasteiger partial charge on any atom is -0.464 e. The highest BCUT2D eigenvalue weighted by molar-refractivity contribution is 6.00. The van der Waals surface area contributed by atoms with Crippen molar-refractivity contribution in [2.45, 2.75) is 20.0 Å². The van der Waals surface area contributed by atoms with Gasteiger partial charge >= 0.3 is 5.97 Å². The average Bonchev–Trinajstić information content (AvgIpc) is 2.17. The van der Waals surface area contributed by atoms with Gasteiger partial charge in [0.25, 0.3) is 0 Å². The lowest BCUT2D eigenvalue weighted by molar-refractivity contribution is -0.160. The van der Waals surface area contributed by atoms with Crippen molar-refractivity contribution >= 4 is 11.8 Å². The predicted octanol–water partition coefficient (Wildman–Crippen LogP) is 0.834. The van der Waals surface area contributed by atoms with E-state index in [0.29, 0.717) is 0 Å². The lowest BCUT2D eigenvalue weighted by Gasteiger charge is -2.12. The Hall–Kier alpha value is -1.59. The molecule has 0 aliphatic heterocycles. The summed E-state index contributed by atoms with van der Waals surface area (Å²) >= 11 is 0. The number of nitrogens with zero attached hydrogens (tertiary/aromatic N) is 3. The number of hydrogen-bond acceptors (Lipinski definition) is 5. The monoisotopic (exact) mass is 215 g/mol. The van der Waals surface area contributed by atoms with Crippen LogP contribution in [0.4, 0.5) is 0 Å². The van der Waals surface area contributed by atoms with E-state index >= 15 is 0 Å². The van der Waals surface area contributed by atoms with Crippen LogP contribution in [0.25, 0.3) is 10.4 Å². The van der Waals surface area contributed by atoms with Gasteiger partial charge in [-0.25, -0.2) is 4.79 Å². The number of rotatable bonds is 7. The van der Waals surface area contributed by atoms with E-state index in [-0.39, 0.29) is 19.8 Å². The molecule has 7 nitrogen and oxygen atoms in total. The van der Waals surface area contributed by atoms with Crippen LogP contribution in [-0.2, 0) is 19.1 Å². The zero-order valence-electron chi connectivity index (χ0n) is 8.67. The summed E-state index contributed by atoms with van der Waals surface area (Å²) in [6.45, 7) is 3.12. The summed E-state index contributed by atoms with van der Waals surface area (Å²) in [7, 11) is 0. The van der Waals surface area contributed by atoms with Crippen LogP contribution in [0.5, 0.6) is 0 Å². The van der Waals surface area contributed by atoms with Gasteiger partial charge < -0.3 is 9.47 Å². The quantitative estimate of drug-likeness (QED) is 0.157. The molecule has 1 atom stereocenters. The Kier molecular flexibility index (Phi) is 6.96. The number of ether oxygens (including phenoxy) is 2. The van der Waals surface area contributed by atoms with E-state index in [9.17, 15) is 9.59 Å². The fourth-order valence-corrected chi connectivity index (χ4v) is 0.825. The zero-order valence-corrected chi connectivity index (χ0v) is 8.67. The molecular formula is C8H13N3O4. The highest BCUT2D eigenvalue weighted by atomic mass is 16.6. The van der Waals surface area contributed by atoms with Gasteiger partial charge in [0, 0.05) is 11.5 Å². The van der Waals surface area contributed by atoms with E-state index in [0.717, 1.165) is 0 Å². The summed E-state index contributed by atoms with van der Waals surface area (Å²) in [5.41, 5.74) is 7.98. The van der Waals surface area contributed by atoms with Crippen molar-refractivity contribution in [1.29, 1.82) is 0 Å². The highest BCUT2D eigenvalue weighted by Crippen LogP contribution is 1.98. The van der Waals surface area contributed by atoms with E-state index in [1.807, 2.05) is 0 Å².